The van der Waals surface area contributed by atoms with E-state index in [-0.39, 0.29) is 12.8 Å². The van der Waals surface area contributed by atoms with Crippen molar-refractivity contribution in [2.45, 2.75) is 224 Å². The molecule has 378 valence electrons. The lowest BCUT2D eigenvalue weighted by Gasteiger charge is -2.43. The van der Waals surface area contributed by atoms with E-state index < -0.39 is 83.5 Å². The largest absolute Gasteiger partial charge is 0.472 e. The molecule has 8 atom stereocenters. The molecule has 0 amide bonds. The van der Waals surface area contributed by atoms with Gasteiger partial charge in [0.15, 0.2) is 6.10 Å². The number of ether oxygens (including phenoxy) is 2. The molecule has 1 rings (SSSR count). The lowest BCUT2D eigenvalue weighted by atomic mass is 9.85. The Balaban J connectivity index is 2.62. The molecule has 1 fully saturated rings. The highest BCUT2D eigenvalue weighted by atomic mass is 31.2. The van der Waals surface area contributed by atoms with E-state index in [2.05, 4.69) is 54.8 Å². The van der Waals surface area contributed by atoms with Crippen molar-refractivity contribution in [3.8, 4) is 0 Å². The number of unbranched alkanes of at least 4 members (excludes halogenated alkanes) is 18. The van der Waals surface area contributed by atoms with Crippen LogP contribution in [0.4, 0.5) is 0 Å². The Bertz CT molecular complexity index is 1450. The Morgan fingerprint density at radius 3 is 1.40 bits per heavy atom. The van der Waals surface area contributed by atoms with Crippen molar-refractivity contribution in [3.05, 3.63) is 48.6 Å². The summed E-state index contributed by atoms with van der Waals surface area (Å²) in [6, 6.07) is 0. The molecule has 0 saturated heterocycles. The molecule has 0 aromatic carbocycles. The molecule has 1 saturated carbocycles. The fourth-order valence-corrected chi connectivity index (χ4v) is 8.68. The topological polar surface area (TPSA) is 256 Å². The van der Waals surface area contributed by atoms with Crippen molar-refractivity contribution in [1.29, 1.82) is 0 Å². The molecule has 0 aliphatic heterocycles. The van der Waals surface area contributed by atoms with E-state index in [0.717, 1.165) is 51.4 Å². The summed E-state index contributed by atoms with van der Waals surface area (Å²) in [6.07, 6.45) is 27.9. The monoisotopic (exact) mass is 967 g/mol. The van der Waals surface area contributed by atoms with Crippen LogP contribution < -0.4 is 0 Å². The van der Waals surface area contributed by atoms with E-state index in [1.54, 1.807) is 0 Å². The summed E-state index contributed by atoms with van der Waals surface area (Å²) >= 11 is 0. The molecular formula is C47H84O16P2. The number of hydrogen-bond acceptors (Lipinski definition) is 13. The van der Waals surface area contributed by atoms with Crippen molar-refractivity contribution in [3.63, 3.8) is 0 Å². The first-order valence-corrected chi connectivity index (χ1v) is 27.2. The average molecular weight is 967 g/mol. The van der Waals surface area contributed by atoms with Gasteiger partial charge in [0.05, 0.1) is 6.61 Å². The zero-order chi connectivity index (χ0) is 48.2. The second kappa shape index (κ2) is 37.9. The third-order valence-electron chi connectivity index (χ3n) is 10.9. The van der Waals surface area contributed by atoms with Crippen LogP contribution in [0.15, 0.2) is 48.6 Å². The predicted molar refractivity (Wildman–Crippen MR) is 250 cm³/mol. The molecule has 65 heavy (non-hydrogen) atoms. The summed E-state index contributed by atoms with van der Waals surface area (Å²) in [6.45, 7) is 3.04. The fraction of sp³-hybridized carbons (Fsp3) is 0.787. The van der Waals surface area contributed by atoms with Crippen LogP contribution in [0, 0.1) is 0 Å². The number of aliphatic hydroxyl groups is 4. The van der Waals surface area contributed by atoms with Crippen molar-refractivity contribution in [2.75, 3.05) is 13.2 Å². The van der Waals surface area contributed by atoms with Crippen molar-refractivity contribution >= 4 is 27.6 Å². The van der Waals surface area contributed by atoms with E-state index >= 15 is 0 Å². The minimum absolute atomic E-state index is 0.0344. The summed E-state index contributed by atoms with van der Waals surface area (Å²) in [5.41, 5.74) is 0. The van der Waals surface area contributed by atoms with Gasteiger partial charge < -0.3 is 44.6 Å². The number of esters is 2. The van der Waals surface area contributed by atoms with Gasteiger partial charge in [-0.25, -0.2) is 9.13 Å². The van der Waals surface area contributed by atoms with Gasteiger partial charge in [-0.05, 0) is 51.4 Å². The van der Waals surface area contributed by atoms with Crippen LogP contribution in [0.5, 0.6) is 0 Å². The Labute approximate surface area is 388 Å². The maximum absolute atomic E-state index is 13.0. The van der Waals surface area contributed by atoms with Gasteiger partial charge in [0.2, 0.25) is 0 Å². The number of rotatable bonds is 40. The highest BCUT2D eigenvalue weighted by Gasteiger charge is 2.54. The Morgan fingerprint density at radius 2 is 0.908 bits per heavy atom. The van der Waals surface area contributed by atoms with Crippen LogP contribution in [0.25, 0.3) is 0 Å². The second-order valence-corrected chi connectivity index (χ2v) is 19.4. The van der Waals surface area contributed by atoms with Gasteiger partial charge in [0.1, 0.15) is 43.2 Å². The van der Waals surface area contributed by atoms with Crippen LogP contribution in [-0.2, 0) is 41.8 Å². The van der Waals surface area contributed by atoms with E-state index in [0.29, 0.717) is 19.3 Å². The number of phosphoric acid groups is 2. The maximum atomic E-state index is 13.0. The smallest absolute Gasteiger partial charge is 0.462 e. The van der Waals surface area contributed by atoms with Crippen LogP contribution in [0.2, 0.25) is 0 Å². The van der Waals surface area contributed by atoms with Crippen LogP contribution in [0.3, 0.4) is 0 Å². The summed E-state index contributed by atoms with van der Waals surface area (Å²) in [7, 11) is -10.7. The Morgan fingerprint density at radius 1 is 0.492 bits per heavy atom. The molecule has 8 unspecified atom stereocenters. The summed E-state index contributed by atoms with van der Waals surface area (Å²) in [5.74, 6) is -1.27. The third kappa shape index (κ3) is 32.4. The molecule has 0 spiro atoms. The normalized spacial score (nSPS) is 22.0. The van der Waals surface area contributed by atoms with Gasteiger partial charge in [0.25, 0.3) is 0 Å². The van der Waals surface area contributed by atoms with Crippen LogP contribution >= 0.6 is 15.6 Å². The first-order chi connectivity index (χ1) is 31.1. The summed E-state index contributed by atoms with van der Waals surface area (Å²) in [5, 5.41) is 41.2. The summed E-state index contributed by atoms with van der Waals surface area (Å²) in [4.78, 5) is 54.3. The van der Waals surface area contributed by atoms with E-state index in [4.69, 9.17) is 18.5 Å². The first-order valence-electron chi connectivity index (χ1n) is 24.2. The number of hydrogen-bond donors (Lipinski definition) is 7. The molecule has 0 heterocycles. The van der Waals surface area contributed by atoms with Gasteiger partial charge in [-0.2, -0.15) is 0 Å². The van der Waals surface area contributed by atoms with E-state index in [9.17, 15) is 53.8 Å². The van der Waals surface area contributed by atoms with Crippen molar-refractivity contribution in [2.24, 2.45) is 0 Å². The number of carbonyl (C=O) groups is 2. The van der Waals surface area contributed by atoms with E-state index in [1.165, 1.54) is 83.5 Å². The first kappa shape index (κ1) is 61.0. The van der Waals surface area contributed by atoms with Crippen LogP contribution in [0.1, 0.15) is 181 Å². The second-order valence-electron chi connectivity index (χ2n) is 16.8. The molecule has 0 aromatic rings. The molecule has 16 nitrogen and oxygen atoms in total. The third-order valence-corrected chi connectivity index (χ3v) is 12.4. The molecule has 18 heteroatoms. The zero-order valence-electron chi connectivity index (χ0n) is 39.2. The molecule has 7 N–H and O–H groups in total. The number of aliphatic hydroxyl groups excluding tert-OH is 4. The molecular weight excluding hydrogens is 882 g/mol. The van der Waals surface area contributed by atoms with Crippen molar-refractivity contribution in [1.82, 2.24) is 0 Å². The molecule has 1 aliphatic carbocycles. The highest BCUT2D eigenvalue weighted by molar-refractivity contribution is 7.47. The number of phosphoric ester groups is 2. The minimum atomic E-state index is -5.37. The lowest BCUT2D eigenvalue weighted by Crippen LogP contribution is -2.64. The van der Waals surface area contributed by atoms with Gasteiger partial charge in [-0.1, -0.05) is 165 Å². The van der Waals surface area contributed by atoms with Crippen molar-refractivity contribution < 1.29 is 76.9 Å². The molecule has 0 aromatic heterocycles. The highest BCUT2D eigenvalue weighted by Crippen LogP contribution is 2.49. The number of carbonyl (C=O) groups excluding carboxylic acids is 2. The van der Waals surface area contributed by atoms with Gasteiger partial charge in [0, 0.05) is 12.8 Å². The average Bonchev–Trinajstić information content (AvgIpc) is 3.26. The Kier molecular flexibility index (Phi) is 35.5. The fourth-order valence-electron chi connectivity index (χ4n) is 7.14. The Hall–Kier alpha value is -2.04. The summed E-state index contributed by atoms with van der Waals surface area (Å²) < 4.78 is 49.3. The molecule has 0 bridgehead atoms. The molecule has 1 aliphatic rings. The minimum Gasteiger partial charge on any atom is -0.462 e. The predicted octanol–water partition coefficient (Wildman–Crippen LogP) is 9.29. The van der Waals surface area contributed by atoms with Gasteiger partial charge in [-0.15, -0.1) is 0 Å². The van der Waals surface area contributed by atoms with Gasteiger partial charge in [-0.3, -0.25) is 23.2 Å². The lowest BCUT2D eigenvalue weighted by molar-refractivity contribution is -0.216. The number of allylic oxidation sites excluding steroid dienone is 8. The SMILES string of the molecule is CCCCCC=CCC=CCC=CCC=CCCCC(=O)OCC(COP(=O)(O)OC1C(O)C(O)C(O)C(OP(=O)(O)O)C1O)OC(=O)CCCCCCCCCCCCCCCCC. The standard InChI is InChI=1S/C47H84O16P2/c1-3-5-7-9-11-13-15-17-19-20-22-23-25-27-29-31-33-35-40(48)59-37-39(61-41(49)36-34-32-30-28-26-24-21-18-16-14-12-10-8-6-4-2)38-60-65(57,58)63-47-44(52)42(50)43(51)46(45(47)53)62-64(54,55)56/h11,13,17,19,22-23,27,29,39,42-47,50-53H,3-10,12,14-16,18,20-21,24-26,28,30-38H2,1-2H3,(H,57,58)(H2,54,55,56). The van der Waals surface area contributed by atoms with Crippen LogP contribution in [-0.4, -0.2) is 103 Å². The van der Waals surface area contributed by atoms with Gasteiger partial charge >= 0.3 is 27.6 Å². The maximum Gasteiger partial charge on any atom is 0.472 e. The zero-order valence-corrected chi connectivity index (χ0v) is 40.9. The quantitative estimate of drug-likeness (QED) is 0.0131. The van der Waals surface area contributed by atoms with E-state index in [1.807, 2.05) is 12.2 Å². The molecule has 0 radical (unpaired) electrons.